The Morgan fingerprint density at radius 3 is 2.57 bits per heavy atom. The van der Waals surface area contributed by atoms with Gasteiger partial charge in [0.1, 0.15) is 5.92 Å². The van der Waals surface area contributed by atoms with E-state index in [0.29, 0.717) is 0 Å². The molecule has 2 unspecified atom stereocenters. The topological polar surface area (TPSA) is 140 Å². The summed E-state index contributed by atoms with van der Waals surface area (Å²) in [5.41, 5.74) is 10.8. The van der Waals surface area contributed by atoms with Gasteiger partial charge in [0, 0.05) is 17.8 Å². The molecule has 10 heteroatoms. The lowest BCUT2D eigenvalue weighted by atomic mass is 10.2. The van der Waals surface area contributed by atoms with Crippen LogP contribution in [0.1, 0.15) is 17.3 Å². The third kappa shape index (κ3) is 3.97. The summed E-state index contributed by atoms with van der Waals surface area (Å²) in [5, 5.41) is -1.17. The maximum Gasteiger partial charge on any atom is 0.313 e. The van der Waals surface area contributed by atoms with Crippen molar-refractivity contribution in [2.45, 2.75) is 12.3 Å². The second kappa shape index (κ2) is 6.94. The Hall–Kier alpha value is -2.17. The normalized spacial score (nSPS) is 20.9. The number of anilines is 1. The van der Waals surface area contributed by atoms with Gasteiger partial charge in [0.05, 0.1) is 6.61 Å². The van der Waals surface area contributed by atoms with Crippen LogP contribution in [0.2, 0.25) is 0 Å². The van der Waals surface area contributed by atoms with Crippen LogP contribution in [0.15, 0.2) is 24.3 Å². The summed E-state index contributed by atoms with van der Waals surface area (Å²) < 4.78 is 32.1. The molecule has 1 fully saturated rings. The van der Waals surface area contributed by atoms with E-state index < -0.39 is 33.2 Å². The minimum absolute atomic E-state index is 0.144. The van der Waals surface area contributed by atoms with E-state index in [2.05, 4.69) is 15.6 Å². The zero-order valence-corrected chi connectivity index (χ0v) is 13.2. The maximum atomic E-state index is 12.4. The third-order valence-electron chi connectivity index (χ3n) is 3.28. The molecule has 23 heavy (non-hydrogen) atoms. The Balaban J connectivity index is 2.14. The van der Waals surface area contributed by atoms with E-state index >= 15 is 0 Å². The molecule has 1 aromatic rings. The predicted octanol–water partition coefficient (Wildman–Crippen LogP) is -0.860. The van der Waals surface area contributed by atoms with Gasteiger partial charge in [-0.2, -0.15) is 0 Å². The number of primary amides is 1. The number of nitrogens with one attached hydrogen (secondary N) is 3. The molecule has 1 aliphatic heterocycles. The number of hydrogen-bond acceptors (Lipinski definition) is 7. The first-order valence-corrected chi connectivity index (χ1v) is 8.46. The molecule has 9 nitrogen and oxygen atoms in total. The molecule has 1 heterocycles. The number of hydrazine groups is 1. The molecule has 0 aliphatic carbocycles. The predicted molar refractivity (Wildman–Crippen MR) is 82.6 cm³/mol. The Morgan fingerprint density at radius 2 is 2.00 bits per heavy atom. The van der Waals surface area contributed by atoms with Crippen LogP contribution >= 0.6 is 0 Å². The van der Waals surface area contributed by atoms with E-state index in [4.69, 9.17) is 10.5 Å². The van der Waals surface area contributed by atoms with Crippen molar-refractivity contribution in [3.05, 3.63) is 29.8 Å². The van der Waals surface area contributed by atoms with Crippen molar-refractivity contribution < 1.29 is 22.7 Å². The Labute approximate surface area is 133 Å². The summed E-state index contributed by atoms with van der Waals surface area (Å²) in [6, 6.07) is 5.64. The molecule has 0 radical (unpaired) electrons. The lowest BCUT2D eigenvalue weighted by molar-refractivity contribution is -0.147. The largest absolute Gasteiger partial charge is 0.466 e. The van der Waals surface area contributed by atoms with Crippen molar-refractivity contribution in [1.29, 1.82) is 0 Å². The van der Waals surface area contributed by atoms with E-state index in [1.807, 2.05) is 0 Å². The molecular weight excluding hydrogens is 324 g/mol. The molecule has 2 rings (SSSR count). The fourth-order valence-corrected chi connectivity index (χ4v) is 3.63. The standard InChI is InChI=1S/C13H18N4O5S/c1-2-22-13(19)10-7-15-16-12(10)23(20,21)17-9-5-3-8(4-6-9)11(14)18/h3-6,10,12,15-17H,2,7H2,1H3,(H2,14,18). The van der Waals surface area contributed by atoms with E-state index in [9.17, 15) is 18.0 Å². The van der Waals surface area contributed by atoms with Crippen molar-refractivity contribution in [1.82, 2.24) is 10.9 Å². The van der Waals surface area contributed by atoms with Crippen molar-refractivity contribution in [3.63, 3.8) is 0 Å². The second-order valence-electron chi connectivity index (χ2n) is 4.89. The van der Waals surface area contributed by atoms with Gasteiger partial charge in [0.2, 0.25) is 5.91 Å². The Bertz CT molecular complexity index is 689. The monoisotopic (exact) mass is 342 g/mol. The van der Waals surface area contributed by atoms with Crippen molar-refractivity contribution >= 4 is 27.6 Å². The zero-order chi connectivity index (χ0) is 17.0. The smallest absolute Gasteiger partial charge is 0.313 e. The average molecular weight is 342 g/mol. The molecule has 1 aromatic carbocycles. The summed E-state index contributed by atoms with van der Waals surface area (Å²) in [6.07, 6.45) is 0. The SMILES string of the molecule is CCOC(=O)C1CNNC1S(=O)(=O)Nc1ccc(C(N)=O)cc1. The fourth-order valence-electron chi connectivity index (χ4n) is 2.16. The molecule has 0 spiro atoms. The van der Waals surface area contributed by atoms with Gasteiger partial charge in [-0.25, -0.2) is 13.8 Å². The highest BCUT2D eigenvalue weighted by atomic mass is 32.2. The number of sulfonamides is 1. The summed E-state index contributed by atoms with van der Waals surface area (Å²) >= 11 is 0. The number of amides is 1. The summed E-state index contributed by atoms with van der Waals surface area (Å²) in [5.74, 6) is -2.06. The van der Waals surface area contributed by atoms with Crippen LogP contribution in [0.4, 0.5) is 5.69 Å². The van der Waals surface area contributed by atoms with E-state index in [1.165, 1.54) is 24.3 Å². The highest BCUT2D eigenvalue weighted by molar-refractivity contribution is 7.93. The number of carbonyl (C=O) groups is 2. The lowest BCUT2D eigenvalue weighted by Crippen LogP contribution is -2.44. The van der Waals surface area contributed by atoms with Crippen LogP contribution in [0.3, 0.4) is 0 Å². The molecule has 2 atom stereocenters. The average Bonchev–Trinajstić information content (AvgIpc) is 2.98. The van der Waals surface area contributed by atoms with Crippen LogP contribution in [-0.4, -0.2) is 38.8 Å². The van der Waals surface area contributed by atoms with Gasteiger partial charge >= 0.3 is 5.97 Å². The number of ether oxygens (including phenoxy) is 1. The number of rotatable bonds is 6. The van der Waals surface area contributed by atoms with Crippen LogP contribution in [0.5, 0.6) is 0 Å². The fraction of sp³-hybridized carbons (Fsp3) is 0.385. The summed E-state index contributed by atoms with van der Waals surface area (Å²) in [7, 11) is -3.90. The van der Waals surface area contributed by atoms with Gasteiger partial charge in [-0.1, -0.05) is 0 Å². The first-order valence-electron chi connectivity index (χ1n) is 6.91. The van der Waals surface area contributed by atoms with Crippen molar-refractivity contribution in [2.75, 3.05) is 17.9 Å². The second-order valence-corrected chi connectivity index (χ2v) is 6.70. The van der Waals surface area contributed by atoms with E-state index in [-0.39, 0.29) is 24.4 Å². The Morgan fingerprint density at radius 1 is 1.35 bits per heavy atom. The van der Waals surface area contributed by atoms with Gasteiger partial charge < -0.3 is 10.5 Å². The molecule has 0 aromatic heterocycles. The van der Waals surface area contributed by atoms with Gasteiger partial charge in [0.15, 0.2) is 5.37 Å². The van der Waals surface area contributed by atoms with Gasteiger partial charge in [-0.05, 0) is 31.2 Å². The minimum atomic E-state index is -3.90. The molecule has 1 amide bonds. The van der Waals surface area contributed by atoms with Crippen molar-refractivity contribution in [3.8, 4) is 0 Å². The number of nitrogens with two attached hydrogens (primary N) is 1. The summed E-state index contributed by atoms with van der Waals surface area (Å²) in [4.78, 5) is 22.8. The quantitative estimate of drug-likeness (QED) is 0.493. The minimum Gasteiger partial charge on any atom is -0.466 e. The van der Waals surface area contributed by atoms with E-state index in [1.54, 1.807) is 6.92 Å². The molecule has 126 valence electrons. The highest BCUT2D eigenvalue weighted by Gasteiger charge is 2.42. The van der Waals surface area contributed by atoms with E-state index in [0.717, 1.165) is 0 Å². The molecule has 0 bridgehead atoms. The first kappa shape index (κ1) is 17.2. The molecule has 1 aliphatic rings. The number of esters is 1. The maximum absolute atomic E-state index is 12.4. The van der Waals surface area contributed by atoms with Crippen LogP contribution in [0, 0.1) is 5.92 Å². The van der Waals surface area contributed by atoms with Crippen LogP contribution in [0.25, 0.3) is 0 Å². The number of carbonyl (C=O) groups excluding carboxylic acids is 2. The zero-order valence-electron chi connectivity index (χ0n) is 12.4. The third-order valence-corrected chi connectivity index (χ3v) is 4.92. The van der Waals surface area contributed by atoms with Crippen LogP contribution in [-0.2, 0) is 19.6 Å². The van der Waals surface area contributed by atoms with Crippen molar-refractivity contribution in [2.24, 2.45) is 11.7 Å². The van der Waals surface area contributed by atoms with Gasteiger partial charge in [-0.15, -0.1) is 0 Å². The highest BCUT2D eigenvalue weighted by Crippen LogP contribution is 2.19. The molecule has 0 saturated carbocycles. The molecule has 5 N–H and O–H groups in total. The van der Waals surface area contributed by atoms with Gasteiger partial charge in [-0.3, -0.25) is 19.7 Å². The summed E-state index contributed by atoms with van der Waals surface area (Å²) in [6.45, 7) is 1.96. The first-order chi connectivity index (χ1) is 10.8. The Kier molecular flexibility index (Phi) is 5.19. The van der Waals surface area contributed by atoms with Gasteiger partial charge in [0.25, 0.3) is 10.0 Å². The van der Waals surface area contributed by atoms with Crippen LogP contribution < -0.4 is 21.3 Å². The number of benzene rings is 1. The lowest BCUT2D eigenvalue weighted by Gasteiger charge is -2.18. The molecule has 1 saturated heterocycles. The molecular formula is C13H18N4O5S. The number of hydrogen-bond donors (Lipinski definition) is 4.